The number of ether oxygens (including phenoxy) is 2. The van der Waals surface area contributed by atoms with E-state index in [9.17, 15) is 0 Å². The highest BCUT2D eigenvalue weighted by atomic mass is 31.1. The third-order valence-corrected chi connectivity index (χ3v) is 3.35. The van der Waals surface area contributed by atoms with Crippen LogP contribution in [-0.4, -0.2) is 19.4 Å². The van der Waals surface area contributed by atoms with Crippen molar-refractivity contribution in [3.05, 3.63) is 18.2 Å². The van der Waals surface area contributed by atoms with E-state index in [0.29, 0.717) is 5.16 Å². The molecular weight excluding hydrogens is 207 g/mol. The fourth-order valence-electron chi connectivity index (χ4n) is 1.31. The second kappa shape index (κ2) is 4.85. The molecule has 0 radical (unpaired) electrons. The number of hydrogen-bond donors (Lipinski definition) is 0. The average Bonchev–Trinajstić information content (AvgIpc) is 2.16. The van der Waals surface area contributed by atoms with Crippen LogP contribution >= 0.6 is 8.58 Å². The molecule has 0 fully saturated rings. The fraction of sp³-hybridized carbons (Fsp3) is 0.500. The summed E-state index contributed by atoms with van der Waals surface area (Å²) in [6.45, 7) is 6.69. The summed E-state index contributed by atoms with van der Waals surface area (Å²) in [5, 5.41) is 1.55. The van der Waals surface area contributed by atoms with E-state index in [2.05, 4.69) is 26.8 Å². The van der Waals surface area contributed by atoms with E-state index in [1.165, 1.54) is 5.30 Å². The van der Waals surface area contributed by atoms with Crippen LogP contribution in [0.15, 0.2) is 18.2 Å². The van der Waals surface area contributed by atoms with Crippen molar-refractivity contribution < 1.29 is 9.47 Å². The fourth-order valence-corrected chi connectivity index (χ4v) is 2.58. The van der Waals surface area contributed by atoms with Crippen LogP contribution in [0, 0.1) is 0 Å². The highest BCUT2D eigenvalue weighted by molar-refractivity contribution is 7.49. The molecule has 0 saturated heterocycles. The van der Waals surface area contributed by atoms with Gasteiger partial charge >= 0.3 is 0 Å². The van der Waals surface area contributed by atoms with Gasteiger partial charge in [0.15, 0.2) is 0 Å². The van der Waals surface area contributed by atoms with Gasteiger partial charge in [-0.2, -0.15) is 0 Å². The maximum Gasteiger partial charge on any atom is 0.129 e. The van der Waals surface area contributed by atoms with Crippen LogP contribution in [0.2, 0.25) is 0 Å². The Morgan fingerprint density at radius 2 is 1.73 bits per heavy atom. The summed E-state index contributed by atoms with van der Waals surface area (Å²) in [7, 11) is 4.10. The molecule has 0 aliphatic carbocycles. The van der Waals surface area contributed by atoms with Gasteiger partial charge in [-0.05, 0) is 17.3 Å². The van der Waals surface area contributed by atoms with Gasteiger partial charge in [-0.3, -0.25) is 0 Å². The normalized spacial score (nSPS) is 12.1. The molecule has 0 spiro atoms. The van der Waals surface area contributed by atoms with Gasteiger partial charge in [0.05, 0.1) is 14.2 Å². The molecule has 0 aliphatic rings. The third-order valence-electron chi connectivity index (χ3n) is 1.92. The van der Waals surface area contributed by atoms with Gasteiger partial charge in [0.25, 0.3) is 0 Å². The van der Waals surface area contributed by atoms with Gasteiger partial charge in [0, 0.05) is 11.4 Å². The van der Waals surface area contributed by atoms with E-state index < -0.39 is 0 Å². The number of hydrogen-bond acceptors (Lipinski definition) is 2. The molecular formula is C12H19O2P. The smallest absolute Gasteiger partial charge is 0.129 e. The first-order valence-corrected chi connectivity index (χ1v) is 5.96. The first kappa shape index (κ1) is 12.3. The molecule has 15 heavy (non-hydrogen) atoms. The molecule has 3 heteroatoms. The molecule has 1 aromatic rings. The molecule has 0 saturated carbocycles. The summed E-state index contributed by atoms with van der Waals surface area (Å²) in [4.78, 5) is 0. The molecule has 1 atom stereocenters. The van der Waals surface area contributed by atoms with Gasteiger partial charge < -0.3 is 9.47 Å². The Morgan fingerprint density at radius 3 is 2.20 bits per heavy atom. The predicted octanol–water partition coefficient (Wildman–Crippen LogP) is 2.81. The minimum atomic E-state index is 0.294. The van der Waals surface area contributed by atoms with E-state index >= 15 is 0 Å². The first-order chi connectivity index (χ1) is 6.96. The van der Waals surface area contributed by atoms with Crippen LogP contribution in [0.4, 0.5) is 0 Å². The molecule has 84 valence electrons. The summed E-state index contributed by atoms with van der Waals surface area (Å²) >= 11 is 0. The zero-order valence-corrected chi connectivity index (χ0v) is 11.0. The maximum atomic E-state index is 5.36. The highest BCUT2D eigenvalue weighted by Crippen LogP contribution is 2.34. The molecule has 1 unspecified atom stereocenters. The Kier molecular flexibility index (Phi) is 3.98. The topological polar surface area (TPSA) is 18.5 Å². The molecule has 0 bridgehead atoms. The van der Waals surface area contributed by atoms with Crippen LogP contribution in [0.25, 0.3) is 0 Å². The molecule has 0 aliphatic heterocycles. The van der Waals surface area contributed by atoms with Crippen molar-refractivity contribution >= 4 is 13.9 Å². The number of methoxy groups -OCH3 is 2. The lowest BCUT2D eigenvalue weighted by atomic mass is 10.3. The number of benzene rings is 1. The van der Waals surface area contributed by atoms with Crippen molar-refractivity contribution in [3.8, 4) is 11.5 Å². The Hall–Kier alpha value is -0.750. The van der Waals surface area contributed by atoms with E-state index in [4.69, 9.17) is 9.47 Å². The molecule has 0 heterocycles. The second-order valence-electron chi connectivity index (χ2n) is 4.44. The lowest BCUT2D eigenvalue weighted by Crippen LogP contribution is -2.13. The van der Waals surface area contributed by atoms with Crippen molar-refractivity contribution in [3.63, 3.8) is 0 Å². The quantitative estimate of drug-likeness (QED) is 0.738. The van der Waals surface area contributed by atoms with Gasteiger partial charge in [0.2, 0.25) is 0 Å². The van der Waals surface area contributed by atoms with Crippen LogP contribution in [0.3, 0.4) is 0 Å². The molecule has 1 aromatic carbocycles. The summed E-state index contributed by atoms with van der Waals surface area (Å²) in [5.41, 5.74) is 0. The monoisotopic (exact) mass is 226 g/mol. The molecule has 0 N–H and O–H groups in total. The van der Waals surface area contributed by atoms with E-state index in [-0.39, 0.29) is 0 Å². The van der Waals surface area contributed by atoms with E-state index in [1.54, 1.807) is 14.2 Å². The highest BCUT2D eigenvalue weighted by Gasteiger charge is 2.14. The summed E-state index contributed by atoms with van der Waals surface area (Å²) in [6.07, 6.45) is 0. The van der Waals surface area contributed by atoms with Crippen LogP contribution in [-0.2, 0) is 0 Å². The first-order valence-electron chi connectivity index (χ1n) is 4.96. The second-order valence-corrected chi connectivity index (χ2v) is 6.73. The standard InChI is InChI=1S/C12H19O2P/c1-12(2,3)15-11-7-6-9(13-4)8-10(11)14-5/h6-8,15H,1-5H3. The van der Waals surface area contributed by atoms with Gasteiger partial charge in [-0.15, -0.1) is 0 Å². The van der Waals surface area contributed by atoms with E-state index in [1.807, 2.05) is 12.1 Å². The van der Waals surface area contributed by atoms with Crippen LogP contribution in [0.1, 0.15) is 20.8 Å². The zero-order valence-electron chi connectivity index (χ0n) is 10.0. The lowest BCUT2D eigenvalue weighted by molar-refractivity contribution is 0.396. The van der Waals surface area contributed by atoms with Gasteiger partial charge in [-0.25, -0.2) is 0 Å². The van der Waals surface area contributed by atoms with Gasteiger partial charge in [0.1, 0.15) is 11.5 Å². The SMILES string of the molecule is COc1ccc(PC(C)(C)C)c(OC)c1. The van der Waals surface area contributed by atoms with Crippen molar-refractivity contribution in [2.45, 2.75) is 25.9 Å². The van der Waals surface area contributed by atoms with Crippen LogP contribution in [0.5, 0.6) is 11.5 Å². The summed E-state index contributed by atoms with van der Waals surface area (Å²) in [5.74, 6) is 1.76. The largest absolute Gasteiger partial charge is 0.497 e. The minimum Gasteiger partial charge on any atom is -0.497 e. The zero-order chi connectivity index (χ0) is 11.5. The van der Waals surface area contributed by atoms with Crippen LogP contribution < -0.4 is 14.8 Å². The third kappa shape index (κ3) is 3.71. The van der Waals surface area contributed by atoms with Gasteiger partial charge in [-0.1, -0.05) is 29.4 Å². The minimum absolute atomic E-state index is 0.294. The molecule has 0 aromatic heterocycles. The lowest BCUT2D eigenvalue weighted by Gasteiger charge is -2.20. The molecule has 0 amide bonds. The Balaban J connectivity index is 2.97. The Bertz CT molecular complexity index is 329. The summed E-state index contributed by atoms with van der Waals surface area (Å²) < 4.78 is 10.5. The average molecular weight is 226 g/mol. The summed E-state index contributed by atoms with van der Waals surface area (Å²) in [6, 6.07) is 6.01. The van der Waals surface area contributed by atoms with Crippen molar-refractivity contribution in [1.29, 1.82) is 0 Å². The maximum absolute atomic E-state index is 5.36. The van der Waals surface area contributed by atoms with Crippen molar-refractivity contribution in [2.75, 3.05) is 14.2 Å². The van der Waals surface area contributed by atoms with Crippen molar-refractivity contribution in [2.24, 2.45) is 0 Å². The Labute approximate surface area is 93.8 Å². The molecule has 2 nitrogen and oxygen atoms in total. The number of rotatable bonds is 3. The predicted molar refractivity (Wildman–Crippen MR) is 67.2 cm³/mol. The van der Waals surface area contributed by atoms with Crippen molar-refractivity contribution in [1.82, 2.24) is 0 Å². The molecule has 1 rings (SSSR count). The Morgan fingerprint density at radius 1 is 1.07 bits per heavy atom. The van der Waals surface area contributed by atoms with E-state index in [0.717, 1.165) is 20.1 Å².